The molecule has 0 atom stereocenters. The van der Waals surface area contributed by atoms with Crippen LogP contribution in [0.3, 0.4) is 0 Å². The second kappa shape index (κ2) is 7.44. The number of para-hydroxylation sites is 1. The molecule has 0 bridgehead atoms. The van der Waals surface area contributed by atoms with Crippen molar-refractivity contribution in [3.05, 3.63) is 94.5 Å². The quantitative estimate of drug-likeness (QED) is 0.506. The number of hydrogen-bond donors (Lipinski definition) is 0. The van der Waals surface area contributed by atoms with Gasteiger partial charge in [-0.2, -0.15) is 9.78 Å². The Bertz CT molecular complexity index is 1230. The molecule has 0 aliphatic carbocycles. The molecular formula is C22H16FN3O2. The molecule has 0 saturated heterocycles. The van der Waals surface area contributed by atoms with Crippen molar-refractivity contribution in [3.63, 3.8) is 0 Å². The van der Waals surface area contributed by atoms with Gasteiger partial charge in [0.2, 0.25) is 0 Å². The van der Waals surface area contributed by atoms with Gasteiger partial charge in [-0.25, -0.2) is 9.37 Å². The minimum absolute atomic E-state index is 0.302. The third kappa shape index (κ3) is 3.40. The Kier molecular flexibility index (Phi) is 4.68. The molecule has 0 spiro atoms. The zero-order valence-electron chi connectivity index (χ0n) is 15.0. The van der Waals surface area contributed by atoms with Crippen molar-refractivity contribution in [2.24, 2.45) is 5.10 Å². The van der Waals surface area contributed by atoms with Crippen molar-refractivity contribution in [2.75, 3.05) is 7.11 Å². The van der Waals surface area contributed by atoms with E-state index in [-0.39, 0.29) is 11.4 Å². The summed E-state index contributed by atoms with van der Waals surface area (Å²) in [6.07, 6.45) is 1.44. The molecule has 6 heteroatoms. The third-order valence-electron chi connectivity index (χ3n) is 4.27. The number of methoxy groups -OCH3 is 1. The number of fused-ring (bicyclic) bond motifs is 1. The van der Waals surface area contributed by atoms with Crippen LogP contribution < -0.4 is 10.3 Å². The van der Waals surface area contributed by atoms with Crippen molar-refractivity contribution in [2.45, 2.75) is 0 Å². The Morgan fingerprint density at radius 1 is 1.04 bits per heavy atom. The van der Waals surface area contributed by atoms with Crippen molar-refractivity contribution in [1.29, 1.82) is 0 Å². The number of benzene rings is 3. The smallest absolute Gasteiger partial charge is 0.282 e. The highest BCUT2D eigenvalue weighted by Gasteiger charge is 2.12. The fraction of sp³-hybridized carbons (Fsp3) is 0.0455. The largest absolute Gasteiger partial charge is 0.497 e. The van der Waals surface area contributed by atoms with Crippen LogP contribution in [0, 0.1) is 5.82 Å². The van der Waals surface area contributed by atoms with Gasteiger partial charge in [0.05, 0.1) is 24.2 Å². The van der Waals surface area contributed by atoms with Crippen molar-refractivity contribution in [1.82, 2.24) is 9.66 Å². The van der Waals surface area contributed by atoms with Crippen LogP contribution in [0.5, 0.6) is 5.75 Å². The van der Waals surface area contributed by atoms with E-state index in [9.17, 15) is 9.18 Å². The molecule has 0 radical (unpaired) electrons. The first-order chi connectivity index (χ1) is 13.7. The van der Waals surface area contributed by atoms with Gasteiger partial charge < -0.3 is 4.74 Å². The molecule has 0 amide bonds. The Balaban J connectivity index is 1.91. The Hall–Kier alpha value is -3.80. The second-order valence-corrected chi connectivity index (χ2v) is 6.10. The van der Waals surface area contributed by atoms with E-state index in [4.69, 9.17) is 4.74 Å². The van der Waals surface area contributed by atoms with E-state index >= 15 is 0 Å². The minimum Gasteiger partial charge on any atom is -0.497 e. The van der Waals surface area contributed by atoms with Gasteiger partial charge in [-0.1, -0.05) is 24.3 Å². The number of hydrogen-bond acceptors (Lipinski definition) is 4. The number of ether oxygens (including phenoxy) is 1. The SMILES string of the molecule is COc1ccc(-c2nc3ccccc3c(=O)n2N=Cc2cccc(F)c2)cc1. The molecule has 5 nitrogen and oxygen atoms in total. The lowest BCUT2D eigenvalue weighted by molar-refractivity contribution is 0.415. The molecule has 4 rings (SSSR count). The van der Waals surface area contributed by atoms with Crippen LogP contribution in [-0.4, -0.2) is 23.0 Å². The van der Waals surface area contributed by atoms with Gasteiger partial charge in [0.15, 0.2) is 5.82 Å². The lowest BCUT2D eigenvalue weighted by Crippen LogP contribution is -2.20. The first kappa shape index (κ1) is 17.6. The Morgan fingerprint density at radius 2 is 1.82 bits per heavy atom. The number of nitrogens with zero attached hydrogens (tertiary/aromatic N) is 3. The van der Waals surface area contributed by atoms with Gasteiger partial charge in [-0.05, 0) is 54.1 Å². The molecule has 0 aliphatic heterocycles. The van der Waals surface area contributed by atoms with Gasteiger partial charge >= 0.3 is 0 Å². The summed E-state index contributed by atoms with van der Waals surface area (Å²) in [7, 11) is 1.59. The topological polar surface area (TPSA) is 56.5 Å². The van der Waals surface area contributed by atoms with Crippen LogP contribution in [0.15, 0.2) is 82.7 Å². The second-order valence-electron chi connectivity index (χ2n) is 6.10. The summed E-state index contributed by atoms with van der Waals surface area (Å²) in [6, 6.07) is 20.3. The summed E-state index contributed by atoms with van der Waals surface area (Å²) in [5, 5.41) is 4.76. The Labute approximate surface area is 160 Å². The fourth-order valence-electron chi connectivity index (χ4n) is 2.87. The fourth-order valence-corrected chi connectivity index (χ4v) is 2.87. The lowest BCUT2D eigenvalue weighted by atomic mass is 10.2. The van der Waals surface area contributed by atoms with E-state index in [1.165, 1.54) is 23.0 Å². The van der Waals surface area contributed by atoms with Gasteiger partial charge in [-0.15, -0.1) is 0 Å². The minimum atomic E-state index is -0.372. The average molecular weight is 373 g/mol. The highest BCUT2D eigenvalue weighted by atomic mass is 19.1. The van der Waals surface area contributed by atoms with Crippen molar-refractivity contribution in [3.8, 4) is 17.1 Å². The third-order valence-corrected chi connectivity index (χ3v) is 4.27. The molecule has 0 aliphatic rings. The van der Waals surface area contributed by atoms with Crippen LogP contribution >= 0.6 is 0 Å². The van der Waals surface area contributed by atoms with Crippen molar-refractivity contribution >= 4 is 17.1 Å². The van der Waals surface area contributed by atoms with E-state index in [0.29, 0.717) is 33.6 Å². The molecule has 4 aromatic rings. The first-order valence-electron chi connectivity index (χ1n) is 8.62. The van der Waals surface area contributed by atoms with E-state index in [1.807, 2.05) is 18.2 Å². The monoisotopic (exact) mass is 373 g/mol. The summed E-state index contributed by atoms with van der Waals surface area (Å²) in [4.78, 5) is 17.7. The lowest BCUT2D eigenvalue weighted by Gasteiger charge is -2.10. The zero-order chi connectivity index (χ0) is 19.5. The van der Waals surface area contributed by atoms with Crippen molar-refractivity contribution < 1.29 is 9.13 Å². The van der Waals surface area contributed by atoms with Crippen LogP contribution in [0.2, 0.25) is 0 Å². The number of rotatable bonds is 4. The van der Waals surface area contributed by atoms with E-state index < -0.39 is 0 Å². The van der Waals surface area contributed by atoms with Gasteiger partial charge in [-0.3, -0.25) is 4.79 Å². The predicted octanol–water partition coefficient (Wildman–Crippen LogP) is 4.09. The van der Waals surface area contributed by atoms with Gasteiger partial charge in [0.25, 0.3) is 5.56 Å². The Morgan fingerprint density at radius 3 is 2.57 bits per heavy atom. The molecule has 0 fully saturated rings. The molecule has 3 aromatic carbocycles. The summed E-state index contributed by atoms with van der Waals surface area (Å²) < 4.78 is 19.9. The molecule has 138 valence electrons. The van der Waals surface area contributed by atoms with E-state index in [2.05, 4.69) is 10.1 Å². The molecule has 28 heavy (non-hydrogen) atoms. The molecule has 0 N–H and O–H groups in total. The first-order valence-corrected chi connectivity index (χ1v) is 8.62. The van der Waals surface area contributed by atoms with Crippen LogP contribution in [-0.2, 0) is 0 Å². The van der Waals surface area contributed by atoms with Gasteiger partial charge in [0, 0.05) is 5.56 Å². The van der Waals surface area contributed by atoms with Gasteiger partial charge in [0.1, 0.15) is 11.6 Å². The standard InChI is InChI=1S/C22H16FN3O2/c1-28-18-11-9-16(10-12-18)21-25-20-8-3-2-7-19(20)22(27)26(21)24-14-15-5-4-6-17(23)13-15/h2-14H,1H3. The predicted molar refractivity (Wildman–Crippen MR) is 107 cm³/mol. The summed E-state index contributed by atoms with van der Waals surface area (Å²) >= 11 is 0. The number of aromatic nitrogens is 2. The summed E-state index contributed by atoms with van der Waals surface area (Å²) in [6.45, 7) is 0. The molecule has 0 unspecified atom stereocenters. The van der Waals surface area contributed by atoms with E-state index in [1.54, 1.807) is 49.6 Å². The normalized spacial score (nSPS) is 11.2. The maximum Gasteiger partial charge on any atom is 0.282 e. The summed E-state index contributed by atoms with van der Waals surface area (Å²) in [5.41, 5.74) is 1.53. The van der Waals surface area contributed by atoms with E-state index in [0.717, 1.165) is 0 Å². The maximum absolute atomic E-state index is 13.4. The zero-order valence-corrected chi connectivity index (χ0v) is 15.0. The van der Waals surface area contributed by atoms with Crippen LogP contribution in [0.4, 0.5) is 4.39 Å². The summed E-state index contributed by atoms with van der Waals surface area (Å²) in [5.74, 6) is 0.712. The molecular weight excluding hydrogens is 357 g/mol. The van der Waals surface area contributed by atoms with Crippen LogP contribution in [0.25, 0.3) is 22.3 Å². The highest BCUT2D eigenvalue weighted by Crippen LogP contribution is 2.22. The molecule has 1 aromatic heterocycles. The molecule has 1 heterocycles. The molecule has 0 saturated carbocycles. The number of halogens is 1. The average Bonchev–Trinajstić information content (AvgIpc) is 2.73. The highest BCUT2D eigenvalue weighted by molar-refractivity contribution is 5.82. The maximum atomic E-state index is 13.4. The van der Waals surface area contributed by atoms with Crippen LogP contribution in [0.1, 0.15) is 5.56 Å².